The van der Waals surface area contributed by atoms with E-state index in [0.717, 1.165) is 0 Å². The maximum Gasteiger partial charge on any atom is 0.327 e. The molecular weight excluding hydrogens is 208 g/mol. The lowest BCUT2D eigenvalue weighted by atomic mass is 10.4. The van der Waals surface area contributed by atoms with Crippen molar-refractivity contribution < 1.29 is 4.92 Å². The van der Waals surface area contributed by atoms with E-state index in [0.29, 0.717) is 5.95 Å². The topological polar surface area (TPSA) is 72.2 Å². The number of nitro groups is 1. The lowest BCUT2D eigenvalue weighted by molar-refractivity contribution is -0.385. The van der Waals surface area contributed by atoms with Crippen LogP contribution in [0.25, 0.3) is 0 Å². The Morgan fingerprint density at radius 1 is 1.43 bits per heavy atom. The highest BCUT2D eigenvalue weighted by Crippen LogP contribution is 2.26. The van der Waals surface area contributed by atoms with Gasteiger partial charge in [-0.15, -0.1) is 0 Å². The summed E-state index contributed by atoms with van der Waals surface area (Å²) >= 11 is 5.65. The molecule has 6 nitrogen and oxygen atoms in total. The Morgan fingerprint density at radius 2 is 2.00 bits per heavy atom. The lowest BCUT2D eigenvalue weighted by Gasteiger charge is -2.10. The molecule has 76 valence electrons. The van der Waals surface area contributed by atoms with Gasteiger partial charge in [0.05, 0.1) is 4.92 Å². The average molecular weight is 217 g/mol. The minimum atomic E-state index is -0.586. The molecule has 1 aromatic heterocycles. The van der Waals surface area contributed by atoms with Gasteiger partial charge in [0.25, 0.3) is 0 Å². The van der Waals surface area contributed by atoms with Crippen molar-refractivity contribution in [3.05, 3.63) is 21.0 Å². The highest BCUT2D eigenvalue weighted by atomic mass is 35.5. The average Bonchev–Trinajstić information content (AvgIpc) is 2.01. The van der Waals surface area contributed by atoms with Gasteiger partial charge in [-0.2, -0.15) is 4.98 Å². The first-order chi connectivity index (χ1) is 6.43. The molecule has 1 aromatic rings. The van der Waals surface area contributed by atoms with Gasteiger partial charge in [0, 0.05) is 14.1 Å². The third kappa shape index (κ3) is 1.90. The monoisotopic (exact) mass is 216 g/mol. The van der Waals surface area contributed by atoms with Crippen LogP contribution in [-0.2, 0) is 0 Å². The maximum atomic E-state index is 10.6. The molecule has 0 saturated carbocycles. The van der Waals surface area contributed by atoms with E-state index in [1.165, 1.54) is 6.92 Å². The summed E-state index contributed by atoms with van der Waals surface area (Å²) in [6, 6.07) is 0. The molecule has 1 heterocycles. The van der Waals surface area contributed by atoms with Gasteiger partial charge in [-0.3, -0.25) is 10.1 Å². The summed E-state index contributed by atoms with van der Waals surface area (Å²) < 4.78 is 0. The van der Waals surface area contributed by atoms with E-state index in [2.05, 4.69) is 9.97 Å². The Labute approximate surface area is 85.7 Å². The summed E-state index contributed by atoms with van der Waals surface area (Å²) in [5.74, 6) is 0.359. The first-order valence-electron chi connectivity index (χ1n) is 3.79. The van der Waals surface area contributed by atoms with Gasteiger partial charge >= 0.3 is 5.69 Å². The van der Waals surface area contributed by atoms with E-state index in [9.17, 15) is 10.1 Å². The number of rotatable bonds is 2. The molecule has 0 radical (unpaired) electrons. The third-order valence-corrected chi connectivity index (χ3v) is 1.85. The molecule has 0 spiro atoms. The summed E-state index contributed by atoms with van der Waals surface area (Å²) in [6.45, 7) is 1.53. The zero-order valence-corrected chi connectivity index (χ0v) is 8.74. The number of nitrogens with zero attached hydrogens (tertiary/aromatic N) is 4. The Balaban J connectivity index is 3.32. The molecule has 0 aliphatic heterocycles. The van der Waals surface area contributed by atoms with Crippen molar-refractivity contribution in [2.24, 2.45) is 0 Å². The predicted molar refractivity (Wildman–Crippen MR) is 52.8 cm³/mol. The van der Waals surface area contributed by atoms with Crippen molar-refractivity contribution >= 4 is 23.2 Å². The first-order valence-corrected chi connectivity index (χ1v) is 4.17. The second kappa shape index (κ2) is 3.75. The van der Waals surface area contributed by atoms with E-state index >= 15 is 0 Å². The molecule has 0 fully saturated rings. The zero-order chi connectivity index (χ0) is 10.9. The number of hydrogen-bond acceptors (Lipinski definition) is 5. The van der Waals surface area contributed by atoms with Crippen LogP contribution in [0, 0.1) is 17.0 Å². The fourth-order valence-electron chi connectivity index (χ4n) is 0.925. The van der Waals surface area contributed by atoms with Gasteiger partial charge in [-0.25, -0.2) is 4.98 Å². The van der Waals surface area contributed by atoms with Crippen LogP contribution >= 0.6 is 11.6 Å². The molecule has 0 atom stereocenters. The molecule has 14 heavy (non-hydrogen) atoms. The smallest absolute Gasteiger partial charge is 0.327 e. The van der Waals surface area contributed by atoms with Crippen molar-refractivity contribution in [2.45, 2.75) is 6.92 Å². The molecule has 0 aliphatic carbocycles. The van der Waals surface area contributed by atoms with E-state index in [1.54, 1.807) is 19.0 Å². The Kier molecular flexibility index (Phi) is 2.85. The SMILES string of the molecule is Cc1nc(N(C)C)nc(Cl)c1[N+](=O)[O-]. The summed E-state index contributed by atoms with van der Waals surface area (Å²) in [7, 11) is 3.47. The molecule has 7 heteroatoms. The molecule has 0 unspecified atom stereocenters. The van der Waals surface area contributed by atoms with Crippen molar-refractivity contribution in [2.75, 3.05) is 19.0 Å². The number of aromatic nitrogens is 2. The van der Waals surface area contributed by atoms with Crippen LogP contribution in [0.4, 0.5) is 11.6 Å². The van der Waals surface area contributed by atoms with E-state index < -0.39 is 4.92 Å². The molecular formula is C7H9ClN4O2. The van der Waals surface area contributed by atoms with Gasteiger partial charge in [0.15, 0.2) is 0 Å². The summed E-state index contributed by atoms with van der Waals surface area (Å²) in [5.41, 5.74) is 0.0240. The van der Waals surface area contributed by atoms with Crippen molar-refractivity contribution in [3.8, 4) is 0 Å². The quantitative estimate of drug-likeness (QED) is 0.425. The van der Waals surface area contributed by atoms with E-state index in [-0.39, 0.29) is 16.5 Å². The maximum absolute atomic E-state index is 10.6. The Morgan fingerprint density at radius 3 is 2.36 bits per heavy atom. The second-order valence-corrected chi connectivity index (χ2v) is 3.26. The van der Waals surface area contributed by atoms with Crippen molar-refractivity contribution in [1.29, 1.82) is 0 Å². The standard InChI is InChI=1S/C7H9ClN4O2/c1-4-5(12(13)14)6(8)10-7(9-4)11(2)3/h1-3H3. The second-order valence-electron chi connectivity index (χ2n) is 2.90. The number of anilines is 1. The van der Waals surface area contributed by atoms with Gasteiger partial charge in [0.2, 0.25) is 11.1 Å². The van der Waals surface area contributed by atoms with Crippen LogP contribution in [0.5, 0.6) is 0 Å². The van der Waals surface area contributed by atoms with Crippen LogP contribution in [0.15, 0.2) is 0 Å². The highest BCUT2D eigenvalue weighted by Gasteiger charge is 2.20. The summed E-state index contributed by atoms with van der Waals surface area (Å²) in [5, 5.41) is 10.4. The largest absolute Gasteiger partial charge is 0.347 e. The van der Waals surface area contributed by atoms with Crippen molar-refractivity contribution in [1.82, 2.24) is 9.97 Å². The van der Waals surface area contributed by atoms with Crippen LogP contribution in [0.2, 0.25) is 5.15 Å². The van der Waals surface area contributed by atoms with Crippen LogP contribution in [0.1, 0.15) is 5.69 Å². The van der Waals surface area contributed by atoms with E-state index in [4.69, 9.17) is 11.6 Å². The Bertz CT molecular complexity index is 357. The molecule has 0 bridgehead atoms. The van der Waals surface area contributed by atoms with E-state index in [1.807, 2.05) is 0 Å². The van der Waals surface area contributed by atoms with Crippen LogP contribution in [-0.4, -0.2) is 29.0 Å². The van der Waals surface area contributed by atoms with Crippen LogP contribution in [0.3, 0.4) is 0 Å². The fraction of sp³-hybridized carbons (Fsp3) is 0.429. The number of hydrogen-bond donors (Lipinski definition) is 0. The minimum Gasteiger partial charge on any atom is -0.347 e. The molecule has 0 amide bonds. The highest BCUT2D eigenvalue weighted by molar-refractivity contribution is 6.31. The van der Waals surface area contributed by atoms with Gasteiger partial charge in [-0.1, -0.05) is 11.6 Å². The molecule has 1 rings (SSSR count). The number of aryl methyl sites for hydroxylation is 1. The normalized spacial score (nSPS) is 10.0. The third-order valence-electron chi connectivity index (χ3n) is 1.59. The first kappa shape index (κ1) is 10.6. The predicted octanol–water partition coefficient (Wildman–Crippen LogP) is 1.41. The molecule has 0 N–H and O–H groups in total. The molecule has 0 aliphatic rings. The van der Waals surface area contributed by atoms with Crippen molar-refractivity contribution in [3.63, 3.8) is 0 Å². The molecule has 0 saturated heterocycles. The number of halogens is 1. The summed E-state index contributed by atoms with van der Waals surface area (Å²) in [6.07, 6.45) is 0. The summed E-state index contributed by atoms with van der Waals surface area (Å²) in [4.78, 5) is 19.3. The fourth-order valence-corrected chi connectivity index (χ4v) is 1.21. The Hall–Kier alpha value is -1.43. The van der Waals surface area contributed by atoms with Gasteiger partial charge in [-0.05, 0) is 6.92 Å². The zero-order valence-electron chi connectivity index (χ0n) is 7.98. The van der Waals surface area contributed by atoms with Gasteiger partial charge in [0.1, 0.15) is 5.69 Å². The lowest BCUT2D eigenvalue weighted by Crippen LogP contribution is -2.14. The van der Waals surface area contributed by atoms with Gasteiger partial charge < -0.3 is 4.90 Å². The minimum absolute atomic E-state index is 0.133. The van der Waals surface area contributed by atoms with Crippen LogP contribution < -0.4 is 4.90 Å². The molecule has 0 aromatic carbocycles.